The number of urea groups is 1. The van der Waals surface area contributed by atoms with E-state index in [0.717, 1.165) is 30.3 Å². The van der Waals surface area contributed by atoms with Crippen molar-refractivity contribution in [2.24, 2.45) is 0 Å². The molecule has 3 aromatic rings. The highest BCUT2D eigenvalue weighted by molar-refractivity contribution is 6.32. The van der Waals surface area contributed by atoms with E-state index in [-0.39, 0.29) is 33.7 Å². The van der Waals surface area contributed by atoms with Crippen molar-refractivity contribution < 1.29 is 45.5 Å². The number of carbonyl (C=O) groups excluding carboxylic acids is 2. The van der Waals surface area contributed by atoms with Crippen LogP contribution in [0.2, 0.25) is 5.02 Å². The molecule has 0 radical (unpaired) electrons. The molecular weight excluding hydrogens is 560 g/mol. The van der Waals surface area contributed by atoms with Gasteiger partial charge >= 0.3 is 24.4 Å². The first-order valence-corrected chi connectivity index (χ1v) is 11.2. The van der Waals surface area contributed by atoms with Gasteiger partial charge in [0.2, 0.25) is 5.88 Å². The van der Waals surface area contributed by atoms with Crippen LogP contribution in [0.5, 0.6) is 11.6 Å². The fourth-order valence-corrected chi connectivity index (χ4v) is 3.33. The fourth-order valence-electron chi connectivity index (χ4n) is 3.06. The van der Waals surface area contributed by atoms with Gasteiger partial charge in [0, 0.05) is 18.8 Å². The number of halogens is 7. The zero-order valence-electron chi connectivity index (χ0n) is 19.9. The Hall–Kier alpha value is -4.27. The number of carbonyl (C=O) groups is 2. The standard InChI is InChI=1S/C23H18ClF6N5O4/c1-3-12-7-15(9-16(24)19(12)38-18-10-17(31-2)32-11-33-18)35(39-20(36)23(28,29)30)21(37)34-14-6-4-5-13(8-14)22(25,26)27/h4-11H,3H2,1-2H3,(H,34,37)(H,31,32,33). The molecule has 2 N–H and O–H groups in total. The number of hydrogen-bond donors (Lipinski definition) is 2. The summed E-state index contributed by atoms with van der Waals surface area (Å²) in [5.74, 6) is -2.27. The van der Waals surface area contributed by atoms with Gasteiger partial charge in [-0.15, -0.1) is 5.06 Å². The van der Waals surface area contributed by atoms with Crippen molar-refractivity contribution in [3.8, 4) is 11.6 Å². The molecule has 1 heterocycles. The van der Waals surface area contributed by atoms with Gasteiger partial charge in [-0.25, -0.2) is 19.6 Å². The SMILES string of the molecule is CCc1cc(N(OC(=O)C(F)(F)F)C(=O)Nc2cccc(C(F)(F)F)c2)cc(Cl)c1Oc1cc(NC)ncn1. The predicted octanol–water partition coefficient (Wildman–Crippen LogP) is 6.60. The van der Waals surface area contributed by atoms with Gasteiger partial charge in [0.05, 0.1) is 16.3 Å². The summed E-state index contributed by atoms with van der Waals surface area (Å²) in [5, 5.41) is 4.47. The zero-order valence-corrected chi connectivity index (χ0v) is 20.7. The number of aryl methyl sites for hydroxylation is 1. The molecule has 1 aromatic heterocycles. The molecule has 0 saturated carbocycles. The van der Waals surface area contributed by atoms with E-state index >= 15 is 0 Å². The average Bonchev–Trinajstić information content (AvgIpc) is 2.87. The minimum absolute atomic E-state index is 0.0315. The van der Waals surface area contributed by atoms with Crippen molar-refractivity contribution in [2.45, 2.75) is 25.7 Å². The van der Waals surface area contributed by atoms with Crippen LogP contribution in [0.15, 0.2) is 48.8 Å². The summed E-state index contributed by atoms with van der Waals surface area (Å²) < 4.78 is 83.7. The Balaban J connectivity index is 2.00. The third kappa shape index (κ3) is 7.40. The number of rotatable bonds is 6. The van der Waals surface area contributed by atoms with Crippen LogP contribution in [0.1, 0.15) is 18.1 Å². The molecule has 0 aliphatic carbocycles. The Labute approximate surface area is 221 Å². The Bertz CT molecular complexity index is 1370. The quantitative estimate of drug-likeness (QED) is 0.251. The number of amides is 2. The molecule has 2 amide bonds. The van der Waals surface area contributed by atoms with Gasteiger partial charge in [0.1, 0.15) is 12.1 Å². The molecule has 3 rings (SSSR count). The van der Waals surface area contributed by atoms with Crippen LogP contribution in [-0.2, 0) is 22.2 Å². The first kappa shape index (κ1) is 29.3. The summed E-state index contributed by atoms with van der Waals surface area (Å²) in [4.78, 5) is 36.6. The number of benzene rings is 2. The summed E-state index contributed by atoms with van der Waals surface area (Å²) in [6, 6.07) is 5.32. The molecule has 2 aromatic carbocycles. The second-order valence-corrected chi connectivity index (χ2v) is 7.95. The lowest BCUT2D eigenvalue weighted by atomic mass is 10.1. The number of alkyl halides is 6. The maximum absolute atomic E-state index is 13.0. The third-order valence-electron chi connectivity index (χ3n) is 4.86. The highest BCUT2D eigenvalue weighted by Crippen LogP contribution is 2.38. The van der Waals surface area contributed by atoms with E-state index in [1.807, 2.05) is 5.32 Å². The van der Waals surface area contributed by atoms with Crippen LogP contribution in [0, 0.1) is 0 Å². The molecule has 16 heteroatoms. The number of hydrogen-bond acceptors (Lipinski definition) is 7. The molecule has 0 fully saturated rings. The van der Waals surface area contributed by atoms with Crippen LogP contribution < -0.4 is 20.4 Å². The molecule has 0 saturated heterocycles. The number of anilines is 3. The monoisotopic (exact) mass is 577 g/mol. The molecule has 0 spiro atoms. The lowest BCUT2D eigenvalue weighted by Gasteiger charge is -2.24. The van der Waals surface area contributed by atoms with Gasteiger partial charge in [-0.3, -0.25) is 0 Å². The molecule has 0 aliphatic heterocycles. The summed E-state index contributed by atoms with van der Waals surface area (Å²) in [6.07, 6.45) is -8.90. The summed E-state index contributed by atoms with van der Waals surface area (Å²) >= 11 is 6.31. The van der Waals surface area contributed by atoms with Crippen LogP contribution in [0.3, 0.4) is 0 Å². The first-order valence-electron chi connectivity index (χ1n) is 10.8. The lowest BCUT2D eigenvalue weighted by Crippen LogP contribution is -2.41. The van der Waals surface area contributed by atoms with E-state index < -0.39 is 41.3 Å². The van der Waals surface area contributed by atoms with Crippen molar-refractivity contribution in [2.75, 3.05) is 22.7 Å². The van der Waals surface area contributed by atoms with Gasteiger partial charge in [0.15, 0.2) is 5.75 Å². The number of ether oxygens (including phenoxy) is 1. The van der Waals surface area contributed by atoms with Gasteiger partial charge in [-0.05, 0) is 42.3 Å². The van der Waals surface area contributed by atoms with Crippen molar-refractivity contribution in [1.29, 1.82) is 0 Å². The Morgan fingerprint density at radius 3 is 2.38 bits per heavy atom. The van der Waals surface area contributed by atoms with Crippen LogP contribution in [-0.4, -0.2) is 35.2 Å². The minimum atomic E-state index is -5.51. The number of hydroxylamine groups is 1. The van der Waals surface area contributed by atoms with E-state index in [2.05, 4.69) is 20.1 Å². The van der Waals surface area contributed by atoms with Crippen molar-refractivity contribution >= 4 is 40.8 Å². The normalized spacial score (nSPS) is 11.5. The predicted molar refractivity (Wildman–Crippen MR) is 128 cm³/mol. The third-order valence-corrected chi connectivity index (χ3v) is 5.14. The zero-order chi connectivity index (χ0) is 29.0. The maximum atomic E-state index is 13.0. The van der Waals surface area contributed by atoms with E-state index in [4.69, 9.17) is 16.3 Å². The molecule has 0 unspecified atom stereocenters. The molecule has 9 nitrogen and oxygen atoms in total. The van der Waals surface area contributed by atoms with Crippen molar-refractivity contribution in [3.63, 3.8) is 0 Å². The van der Waals surface area contributed by atoms with E-state index in [1.54, 1.807) is 14.0 Å². The Morgan fingerprint density at radius 1 is 1.05 bits per heavy atom. The van der Waals surface area contributed by atoms with Crippen LogP contribution >= 0.6 is 11.6 Å². The molecule has 0 atom stereocenters. The van der Waals surface area contributed by atoms with Gasteiger partial charge in [-0.1, -0.05) is 24.6 Å². The second-order valence-electron chi connectivity index (χ2n) is 7.54. The van der Waals surface area contributed by atoms with Crippen molar-refractivity contribution in [1.82, 2.24) is 9.97 Å². The van der Waals surface area contributed by atoms with Crippen molar-refractivity contribution in [3.05, 3.63) is 64.9 Å². The molecule has 0 bridgehead atoms. The fraction of sp³-hybridized carbons (Fsp3) is 0.217. The van der Waals surface area contributed by atoms with E-state index in [9.17, 15) is 35.9 Å². The summed E-state index contributed by atoms with van der Waals surface area (Å²) in [6.45, 7) is 1.63. The Morgan fingerprint density at radius 2 is 1.77 bits per heavy atom. The second kappa shape index (κ2) is 11.6. The molecule has 39 heavy (non-hydrogen) atoms. The Kier molecular flexibility index (Phi) is 8.74. The van der Waals surface area contributed by atoms with Gasteiger partial charge < -0.3 is 20.2 Å². The largest absolute Gasteiger partial charge is 0.493 e. The lowest BCUT2D eigenvalue weighted by molar-refractivity contribution is -0.199. The van der Waals surface area contributed by atoms with Crippen LogP contribution in [0.25, 0.3) is 0 Å². The highest BCUT2D eigenvalue weighted by Gasteiger charge is 2.44. The number of nitrogens with one attached hydrogen (secondary N) is 2. The number of aromatic nitrogens is 2. The number of nitrogens with zero attached hydrogens (tertiary/aromatic N) is 3. The molecule has 0 aliphatic rings. The topological polar surface area (TPSA) is 106 Å². The van der Waals surface area contributed by atoms with Crippen LogP contribution in [0.4, 0.5) is 48.3 Å². The molecular formula is C23H18ClF6N5O4. The summed E-state index contributed by atoms with van der Waals surface area (Å²) in [5.41, 5.74) is -1.77. The average molecular weight is 578 g/mol. The van der Waals surface area contributed by atoms with E-state index in [0.29, 0.717) is 11.9 Å². The summed E-state index contributed by atoms with van der Waals surface area (Å²) in [7, 11) is 1.60. The van der Waals surface area contributed by atoms with Gasteiger partial charge in [0.25, 0.3) is 0 Å². The van der Waals surface area contributed by atoms with Gasteiger partial charge in [-0.2, -0.15) is 26.3 Å². The molecule has 208 valence electrons. The maximum Gasteiger partial charge on any atom is 0.493 e. The minimum Gasteiger partial charge on any atom is -0.437 e. The highest BCUT2D eigenvalue weighted by atomic mass is 35.5. The smallest absolute Gasteiger partial charge is 0.437 e. The first-order chi connectivity index (χ1) is 18.2. The van der Waals surface area contributed by atoms with E-state index in [1.165, 1.54) is 12.4 Å².